The van der Waals surface area contributed by atoms with Crippen LogP contribution in [0.5, 0.6) is 0 Å². The first-order valence-corrected chi connectivity index (χ1v) is 6.08. The van der Waals surface area contributed by atoms with Crippen LogP contribution in [0.1, 0.15) is 0 Å². The molecule has 0 aliphatic heterocycles. The Morgan fingerprint density at radius 2 is 2.57 bits per heavy atom. The van der Waals surface area contributed by atoms with Crippen molar-refractivity contribution in [2.24, 2.45) is 0 Å². The first kappa shape index (κ1) is 5.37. The molecule has 0 saturated heterocycles. The molecular weight excluding hydrogens is 203 g/mol. The molecule has 1 heterocycles. The van der Waals surface area contributed by atoms with E-state index in [0.29, 0.717) is 0 Å². The Balaban J connectivity index is 3.28. The van der Waals surface area contributed by atoms with Crippen molar-refractivity contribution >= 4 is 33.1 Å². The fourth-order valence-corrected chi connectivity index (χ4v) is 2.73. The van der Waals surface area contributed by atoms with Crippen molar-refractivity contribution in [3.05, 3.63) is 10.6 Å². The average molecular weight is 203 g/mol. The molecule has 3 nitrogen and oxygen atoms in total. The van der Waals surface area contributed by atoms with Crippen LogP contribution in [0.25, 0.3) is 0 Å². The average Bonchev–Trinajstić information content (AvgIpc) is 1.69. The van der Waals surface area contributed by atoms with Gasteiger partial charge < -0.3 is 0 Å². The normalized spacial score (nSPS) is 8.57. The standard InChI is InChI=1S/CO3S2Se/c2-1-3-5-6-7-4-1. The summed E-state index contributed by atoms with van der Waals surface area (Å²) < 4.78 is 8.73. The molecule has 1 rings (SSSR count). The molecule has 0 unspecified atom stereocenters. The van der Waals surface area contributed by atoms with Gasteiger partial charge in [-0.25, -0.2) is 0 Å². The molecule has 0 aromatic carbocycles. The fourth-order valence-electron chi connectivity index (χ4n) is 0.109. The number of hydrogen-bond donors (Lipinski definition) is 0. The Kier molecular flexibility index (Phi) is 1.93. The molecule has 0 aliphatic carbocycles. The van der Waals surface area contributed by atoms with Gasteiger partial charge in [0, 0.05) is 0 Å². The summed E-state index contributed by atoms with van der Waals surface area (Å²) in [6.07, 6.45) is 0. The van der Waals surface area contributed by atoms with E-state index in [9.17, 15) is 4.79 Å². The molecule has 0 spiro atoms. The maximum atomic E-state index is 10.0. The SMILES string of the molecule is O=c1oss[se]o1. The van der Waals surface area contributed by atoms with E-state index >= 15 is 0 Å². The van der Waals surface area contributed by atoms with E-state index < -0.39 is 5.82 Å². The maximum absolute atomic E-state index is 10.0. The fraction of sp³-hybridized carbons (Fsp3) is 0. The molecule has 0 radical (unpaired) electrons. The molecule has 0 bridgehead atoms. The summed E-state index contributed by atoms with van der Waals surface area (Å²) in [5.41, 5.74) is 0. The number of rotatable bonds is 0. The van der Waals surface area contributed by atoms with E-state index in [2.05, 4.69) is 7.33 Å². The van der Waals surface area contributed by atoms with Crippen LogP contribution in [-0.2, 0) is 0 Å². The predicted octanol–water partition coefficient (Wildman–Crippen LogP) is 0.537. The summed E-state index contributed by atoms with van der Waals surface area (Å²) >= 11 is -0.0694. The van der Waals surface area contributed by atoms with Crippen molar-refractivity contribution < 1.29 is 7.33 Å². The molecule has 1 aromatic rings. The second-order valence-corrected chi connectivity index (χ2v) is 5.79. The third-order valence-corrected chi connectivity index (χ3v) is 3.99. The van der Waals surface area contributed by atoms with Crippen LogP contribution in [-0.4, -0.2) is 13.7 Å². The van der Waals surface area contributed by atoms with Crippen LogP contribution in [0.3, 0.4) is 0 Å². The van der Waals surface area contributed by atoms with Gasteiger partial charge in [0.25, 0.3) is 0 Å². The van der Waals surface area contributed by atoms with E-state index in [-0.39, 0.29) is 13.7 Å². The minimum absolute atomic E-state index is 0.0694. The Labute approximate surface area is 51.2 Å². The molecule has 1 aromatic heterocycles. The Bertz CT molecular complexity index is 179. The Hall–Kier alpha value is 0.229. The van der Waals surface area contributed by atoms with Gasteiger partial charge in [-0.05, 0) is 0 Å². The summed E-state index contributed by atoms with van der Waals surface area (Å²) in [7, 11) is 2.49. The topological polar surface area (TPSA) is 43.4 Å². The predicted molar refractivity (Wildman–Crippen MR) is 27.6 cm³/mol. The van der Waals surface area contributed by atoms with Gasteiger partial charge in [-0.2, -0.15) is 0 Å². The minimum atomic E-state index is -0.566. The van der Waals surface area contributed by atoms with Gasteiger partial charge in [0.05, 0.1) is 0 Å². The van der Waals surface area contributed by atoms with Crippen molar-refractivity contribution in [1.82, 2.24) is 0 Å². The van der Waals surface area contributed by atoms with Gasteiger partial charge in [0.2, 0.25) is 0 Å². The third kappa shape index (κ3) is 1.65. The molecule has 40 valence electrons. The van der Waals surface area contributed by atoms with E-state index in [1.54, 1.807) is 0 Å². The molecular formula is CO3S2Se. The van der Waals surface area contributed by atoms with Gasteiger partial charge >= 0.3 is 51.0 Å². The second kappa shape index (κ2) is 2.52. The van der Waals surface area contributed by atoms with Gasteiger partial charge in [-0.1, -0.05) is 0 Å². The molecule has 0 fully saturated rings. The van der Waals surface area contributed by atoms with E-state index in [0.717, 1.165) is 10.6 Å². The van der Waals surface area contributed by atoms with Gasteiger partial charge in [-0.3, -0.25) is 0 Å². The second-order valence-electron chi connectivity index (χ2n) is 0.621. The van der Waals surface area contributed by atoms with E-state index in [4.69, 9.17) is 0 Å². The van der Waals surface area contributed by atoms with E-state index in [1.165, 1.54) is 8.72 Å². The first-order chi connectivity index (χ1) is 3.39. The quantitative estimate of drug-likeness (QED) is 0.456. The van der Waals surface area contributed by atoms with Gasteiger partial charge in [0.15, 0.2) is 0 Å². The van der Waals surface area contributed by atoms with Gasteiger partial charge in [0.1, 0.15) is 0 Å². The van der Waals surface area contributed by atoms with Crippen molar-refractivity contribution in [3.8, 4) is 0 Å². The van der Waals surface area contributed by atoms with Crippen LogP contribution < -0.4 is 5.82 Å². The molecule has 0 amide bonds. The summed E-state index contributed by atoms with van der Waals surface area (Å²) in [5.74, 6) is -0.566. The number of hydrogen-bond acceptors (Lipinski definition) is 5. The Morgan fingerprint density at radius 3 is 2.86 bits per heavy atom. The van der Waals surface area contributed by atoms with Crippen molar-refractivity contribution in [1.29, 1.82) is 0 Å². The van der Waals surface area contributed by atoms with Crippen LogP contribution in [0.4, 0.5) is 0 Å². The van der Waals surface area contributed by atoms with Crippen LogP contribution in [0.15, 0.2) is 12.1 Å². The summed E-state index contributed by atoms with van der Waals surface area (Å²) in [6, 6.07) is 0. The molecule has 0 atom stereocenters. The van der Waals surface area contributed by atoms with Crippen molar-refractivity contribution in [2.75, 3.05) is 0 Å². The monoisotopic (exact) mass is 204 g/mol. The van der Waals surface area contributed by atoms with Crippen LogP contribution >= 0.6 is 19.4 Å². The zero-order valence-electron chi connectivity index (χ0n) is 2.95. The van der Waals surface area contributed by atoms with Crippen molar-refractivity contribution in [2.45, 2.75) is 0 Å². The first-order valence-electron chi connectivity index (χ1n) is 1.28. The van der Waals surface area contributed by atoms with Crippen LogP contribution in [0, 0.1) is 0 Å². The van der Waals surface area contributed by atoms with Crippen molar-refractivity contribution in [3.63, 3.8) is 0 Å². The third-order valence-electron chi connectivity index (χ3n) is 0.260. The summed E-state index contributed by atoms with van der Waals surface area (Å²) in [5, 5.41) is 0. The summed E-state index contributed by atoms with van der Waals surface area (Å²) in [6.45, 7) is 0. The zero-order valence-corrected chi connectivity index (χ0v) is 6.30. The van der Waals surface area contributed by atoms with Gasteiger partial charge in [-0.15, -0.1) is 0 Å². The Morgan fingerprint density at radius 1 is 1.71 bits per heavy atom. The molecule has 0 saturated carbocycles. The molecule has 0 N–H and O–H groups in total. The molecule has 6 heteroatoms. The zero-order chi connectivity index (χ0) is 5.11. The van der Waals surface area contributed by atoms with E-state index in [1.807, 2.05) is 0 Å². The molecule has 0 aliphatic rings. The summed E-state index contributed by atoms with van der Waals surface area (Å²) in [4.78, 5) is 10.0. The van der Waals surface area contributed by atoms with Crippen LogP contribution in [0.2, 0.25) is 0 Å². The molecule has 7 heavy (non-hydrogen) atoms.